The maximum absolute atomic E-state index is 13.3. The number of aryl methyl sites for hydroxylation is 1. The number of aromatic nitrogens is 2. The van der Waals surface area contributed by atoms with Crippen LogP contribution in [0, 0.1) is 6.92 Å². The molecule has 0 fully saturated rings. The number of rotatable bonds is 6. The Labute approximate surface area is 174 Å². The van der Waals surface area contributed by atoms with E-state index in [2.05, 4.69) is 15.3 Å². The maximum Gasteiger partial charge on any atom is 0.228 e. The van der Waals surface area contributed by atoms with Crippen molar-refractivity contribution in [2.24, 2.45) is 0 Å². The second-order valence-corrected chi connectivity index (χ2v) is 7.95. The molecule has 1 aliphatic heterocycles. The lowest BCUT2D eigenvalue weighted by Gasteiger charge is -2.29. The maximum atomic E-state index is 13.3. The van der Waals surface area contributed by atoms with Gasteiger partial charge in [-0.15, -0.1) is 0 Å². The van der Waals surface area contributed by atoms with E-state index in [0.29, 0.717) is 41.8 Å². The lowest BCUT2D eigenvalue weighted by atomic mass is 10.2. The summed E-state index contributed by atoms with van der Waals surface area (Å²) in [6, 6.07) is 9.21. The number of aliphatic hydroxyl groups is 1. The molecule has 29 heavy (non-hydrogen) atoms. The van der Waals surface area contributed by atoms with Crippen LogP contribution in [0.4, 0.5) is 10.2 Å². The minimum Gasteiger partial charge on any atom is -0.378 e. The lowest BCUT2D eigenvalue weighted by Crippen LogP contribution is -2.33. The van der Waals surface area contributed by atoms with Crippen LogP contribution in [-0.4, -0.2) is 39.1 Å². The monoisotopic (exact) mass is 416 g/mol. The first-order valence-electron chi connectivity index (χ1n) is 9.51. The quantitative estimate of drug-likeness (QED) is 0.695. The lowest BCUT2D eigenvalue weighted by molar-refractivity contribution is -0.129. The molecule has 2 heterocycles. The van der Waals surface area contributed by atoms with Crippen LogP contribution >= 0.6 is 11.8 Å². The van der Waals surface area contributed by atoms with E-state index < -0.39 is 12.1 Å². The van der Waals surface area contributed by atoms with Gasteiger partial charge in [0, 0.05) is 41.7 Å². The molecule has 6 nitrogen and oxygen atoms in total. The van der Waals surface area contributed by atoms with E-state index in [-0.39, 0.29) is 12.3 Å². The summed E-state index contributed by atoms with van der Waals surface area (Å²) in [5.41, 5.74) is 1.36. The van der Waals surface area contributed by atoms with Crippen molar-refractivity contribution >= 4 is 23.5 Å². The molecule has 2 aromatic rings. The van der Waals surface area contributed by atoms with Gasteiger partial charge < -0.3 is 15.3 Å². The van der Waals surface area contributed by atoms with Crippen LogP contribution in [0.25, 0.3) is 0 Å². The molecule has 1 aromatic carbocycles. The average Bonchev–Trinajstić information content (AvgIpc) is 2.71. The zero-order valence-corrected chi connectivity index (χ0v) is 17.4. The zero-order chi connectivity index (χ0) is 20.8. The fourth-order valence-corrected chi connectivity index (χ4v) is 4.17. The summed E-state index contributed by atoms with van der Waals surface area (Å²) in [4.78, 5) is 23.8. The summed E-state index contributed by atoms with van der Waals surface area (Å²) in [5.74, 6) is 1.31. The van der Waals surface area contributed by atoms with Gasteiger partial charge >= 0.3 is 0 Å². The predicted octanol–water partition coefficient (Wildman–Crippen LogP) is 3.94. The summed E-state index contributed by atoms with van der Waals surface area (Å²) in [5, 5.41) is 13.8. The number of thioether (sulfide) groups is 1. The number of allylic oxidation sites excluding steroid dienone is 2. The fourth-order valence-electron chi connectivity index (χ4n) is 3.13. The standard InChI is InChI=1S/C21H25FN4O2S/c1-14(18(8-10-22)29-21(28)16-6-4-3-5-7-16)26-13-17-12-24-15(2)25-20(17)23-11-9-19(26)27/h3-7,12,21,28H,8-11,13H2,1-2H3,(H,23,24,25)/b18-14-. The van der Waals surface area contributed by atoms with Gasteiger partial charge in [-0.05, 0) is 19.4 Å². The Morgan fingerprint density at radius 1 is 1.38 bits per heavy atom. The molecule has 3 rings (SSSR count). The molecule has 1 unspecified atom stereocenters. The van der Waals surface area contributed by atoms with E-state index in [4.69, 9.17) is 0 Å². The van der Waals surface area contributed by atoms with Crippen LogP contribution in [0.3, 0.4) is 0 Å². The molecule has 0 aliphatic carbocycles. The van der Waals surface area contributed by atoms with Crippen molar-refractivity contribution in [3.05, 3.63) is 64.1 Å². The molecule has 0 radical (unpaired) electrons. The molecule has 8 heteroatoms. The molecular formula is C21H25FN4O2S. The van der Waals surface area contributed by atoms with Crippen LogP contribution in [0.15, 0.2) is 47.1 Å². The highest BCUT2D eigenvalue weighted by Crippen LogP contribution is 2.37. The van der Waals surface area contributed by atoms with Crippen molar-refractivity contribution in [1.82, 2.24) is 14.9 Å². The van der Waals surface area contributed by atoms with E-state index >= 15 is 0 Å². The normalized spacial score (nSPS) is 16.3. The van der Waals surface area contributed by atoms with Gasteiger partial charge in [-0.25, -0.2) is 9.97 Å². The van der Waals surface area contributed by atoms with Gasteiger partial charge in [0.05, 0.1) is 13.2 Å². The Kier molecular flexibility index (Phi) is 7.22. The van der Waals surface area contributed by atoms with Gasteiger partial charge in [0.15, 0.2) is 0 Å². The van der Waals surface area contributed by atoms with Crippen LogP contribution in [0.5, 0.6) is 0 Å². The van der Waals surface area contributed by atoms with Crippen molar-refractivity contribution < 1.29 is 14.3 Å². The number of hydrogen-bond acceptors (Lipinski definition) is 6. The number of nitrogens with one attached hydrogen (secondary N) is 1. The van der Waals surface area contributed by atoms with Crippen molar-refractivity contribution in [1.29, 1.82) is 0 Å². The molecule has 2 N–H and O–H groups in total. The SMILES string of the molecule is C/C(=C(\CCF)SC(O)c1ccccc1)N1Cc2cnc(C)nc2NCCC1=O. The second kappa shape index (κ2) is 9.84. The summed E-state index contributed by atoms with van der Waals surface area (Å²) >= 11 is 1.18. The Morgan fingerprint density at radius 3 is 2.86 bits per heavy atom. The smallest absolute Gasteiger partial charge is 0.228 e. The van der Waals surface area contributed by atoms with Gasteiger partial charge in [-0.1, -0.05) is 42.1 Å². The van der Waals surface area contributed by atoms with Gasteiger partial charge in [0.25, 0.3) is 0 Å². The minimum atomic E-state index is -0.836. The number of alkyl halides is 1. The number of nitrogens with zero attached hydrogens (tertiary/aromatic N) is 3. The molecule has 0 bridgehead atoms. The molecule has 0 saturated carbocycles. The number of aliphatic hydroxyl groups excluding tert-OH is 1. The predicted molar refractivity (Wildman–Crippen MR) is 113 cm³/mol. The van der Waals surface area contributed by atoms with Crippen LogP contribution in [0.2, 0.25) is 0 Å². The van der Waals surface area contributed by atoms with Gasteiger partial charge in [-0.2, -0.15) is 0 Å². The van der Waals surface area contributed by atoms with E-state index in [1.54, 1.807) is 18.0 Å². The fraction of sp³-hybridized carbons (Fsp3) is 0.381. The molecule has 1 aliphatic rings. The molecule has 1 atom stereocenters. The summed E-state index contributed by atoms with van der Waals surface area (Å²) in [7, 11) is 0. The summed E-state index contributed by atoms with van der Waals surface area (Å²) in [6.07, 6.45) is 2.15. The number of halogens is 1. The molecule has 1 aromatic heterocycles. The first kappa shape index (κ1) is 21.3. The largest absolute Gasteiger partial charge is 0.378 e. The third-order valence-electron chi connectivity index (χ3n) is 4.71. The second-order valence-electron chi connectivity index (χ2n) is 6.78. The Morgan fingerprint density at radius 2 is 2.14 bits per heavy atom. The van der Waals surface area contributed by atoms with Crippen molar-refractivity contribution in [3.63, 3.8) is 0 Å². The molecule has 1 amide bonds. The van der Waals surface area contributed by atoms with E-state index in [1.165, 1.54) is 11.8 Å². The highest BCUT2D eigenvalue weighted by Gasteiger charge is 2.24. The van der Waals surface area contributed by atoms with Crippen molar-refractivity contribution in [3.8, 4) is 0 Å². The number of carbonyl (C=O) groups excluding carboxylic acids is 1. The Hall–Kier alpha value is -2.45. The van der Waals surface area contributed by atoms with Crippen LogP contribution < -0.4 is 5.32 Å². The first-order chi connectivity index (χ1) is 14.0. The van der Waals surface area contributed by atoms with Gasteiger partial charge in [0.2, 0.25) is 5.91 Å². The average molecular weight is 417 g/mol. The van der Waals surface area contributed by atoms with Crippen molar-refractivity contribution in [2.75, 3.05) is 18.5 Å². The third kappa shape index (κ3) is 5.33. The number of anilines is 1. The Balaban J connectivity index is 1.91. The van der Waals surface area contributed by atoms with Crippen LogP contribution in [0.1, 0.15) is 42.2 Å². The summed E-state index contributed by atoms with van der Waals surface area (Å²) < 4.78 is 13.3. The number of fused-ring (bicyclic) bond motifs is 1. The van der Waals surface area contributed by atoms with Gasteiger partial charge in [0.1, 0.15) is 17.1 Å². The number of carbonyl (C=O) groups is 1. The summed E-state index contributed by atoms with van der Waals surface area (Å²) in [6.45, 7) is 3.81. The van der Waals surface area contributed by atoms with E-state index in [9.17, 15) is 14.3 Å². The third-order valence-corrected chi connectivity index (χ3v) is 5.99. The highest BCUT2D eigenvalue weighted by atomic mass is 32.2. The highest BCUT2D eigenvalue weighted by molar-refractivity contribution is 8.03. The van der Waals surface area contributed by atoms with Gasteiger partial charge in [-0.3, -0.25) is 9.18 Å². The molecular weight excluding hydrogens is 391 g/mol. The topological polar surface area (TPSA) is 78.3 Å². The van der Waals surface area contributed by atoms with Crippen LogP contribution in [-0.2, 0) is 11.3 Å². The molecule has 154 valence electrons. The number of benzene rings is 1. The minimum absolute atomic E-state index is 0.0626. The molecule has 0 spiro atoms. The zero-order valence-electron chi connectivity index (χ0n) is 16.6. The molecule has 0 saturated heterocycles. The van der Waals surface area contributed by atoms with Crippen molar-refractivity contribution in [2.45, 2.75) is 38.7 Å². The first-order valence-corrected chi connectivity index (χ1v) is 10.4. The number of hydrogen-bond donors (Lipinski definition) is 2. The van der Waals surface area contributed by atoms with E-state index in [1.807, 2.05) is 37.3 Å². The van der Waals surface area contributed by atoms with E-state index in [0.717, 1.165) is 11.1 Å². The number of amides is 1. The Bertz CT molecular complexity index is 892.